The predicted octanol–water partition coefficient (Wildman–Crippen LogP) is 1.87. The summed E-state index contributed by atoms with van der Waals surface area (Å²) in [7, 11) is 1.62. The molecule has 7 heteroatoms. The highest BCUT2D eigenvalue weighted by Gasteiger charge is 2.07. The molecule has 0 unspecified atom stereocenters. The lowest BCUT2D eigenvalue weighted by Gasteiger charge is -2.07. The van der Waals surface area contributed by atoms with Gasteiger partial charge in [0.2, 0.25) is 0 Å². The zero-order valence-electron chi connectivity index (χ0n) is 10.5. The van der Waals surface area contributed by atoms with Crippen molar-refractivity contribution in [1.82, 2.24) is 10.6 Å². The molecule has 0 heterocycles. The molecule has 108 valence electrons. The first-order valence-corrected chi connectivity index (χ1v) is 5.95. The second kappa shape index (κ2) is 9.97. The Morgan fingerprint density at radius 1 is 1.32 bits per heavy atom. The molecule has 0 aliphatic heterocycles. The fourth-order valence-electron chi connectivity index (χ4n) is 1.35. The molecule has 0 radical (unpaired) electrons. The first kappa shape index (κ1) is 18.1. The first-order chi connectivity index (χ1) is 8.63. The zero-order chi connectivity index (χ0) is 13.4. The van der Waals surface area contributed by atoms with E-state index in [2.05, 4.69) is 10.6 Å². The number of carbonyl (C=O) groups is 1. The Hall–Kier alpha value is -0.880. The Kier molecular flexibility index (Phi) is 9.51. The van der Waals surface area contributed by atoms with Gasteiger partial charge in [0, 0.05) is 37.3 Å². The van der Waals surface area contributed by atoms with Crippen molar-refractivity contribution in [3.8, 4) is 0 Å². The van der Waals surface area contributed by atoms with Crippen molar-refractivity contribution in [2.24, 2.45) is 0 Å². The highest BCUT2D eigenvalue weighted by molar-refractivity contribution is 6.31. The summed E-state index contributed by atoms with van der Waals surface area (Å²) in [5, 5.41) is 5.95. The van der Waals surface area contributed by atoms with E-state index in [1.54, 1.807) is 7.11 Å². The molecule has 2 N–H and O–H groups in total. The number of amides is 1. The zero-order valence-corrected chi connectivity index (χ0v) is 12.1. The van der Waals surface area contributed by atoms with Crippen LogP contribution in [0.4, 0.5) is 4.39 Å². The van der Waals surface area contributed by atoms with Gasteiger partial charge in [0.25, 0.3) is 5.91 Å². The smallest absolute Gasteiger partial charge is 0.251 e. The van der Waals surface area contributed by atoms with Crippen molar-refractivity contribution in [3.63, 3.8) is 0 Å². The van der Waals surface area contributed by atoms with E-state index in [4.69, 9.17) is 16.3 Å². The minimum atomic E-state index is -0.522. The van der Waals surface area contributed by atoms with E-state index in [-0.39, 0.29) is 28.9 Å². The molecule has 0 saturated heterocycles. The number of methoxy groups -OCH3 is 1. The number of hydrogen-bond donors (Lipinski definition) is 2. The van der Waals surface area contributed by atoms with Crippen LogP contribution < -0.4 is 10.6 Å². The Morgan fingerprint density at radius 3 is 2.68 bits per heavy atom. The molecule has 0 fully saturated rings. The second-order valence-electron chi connectivity index (χ2n) is 3.66. The summed E-state index contributed by atoms with van der Waals surface area (Å²) >= 11 is 5.67. The van der Waals surface area contributed by atoms with Crippen LogP contribution in [0.25, 0.3) is 0 Å². The van der Waals surface area contributed by atoms with Gasteiger partial charge in [-0.25, -0.2) is 4.39 Å². The number of carbonyl (C=O) groups excluding carboxylic acids is 1. The van der Waals surface area contributed by atoms with E-state index in [9.17, 15) is 9.18 Å². The summed E-state index contributed by atoms with van der Waals surface area (Å²) in [6.07, 6.45) is 0. The van der Waals surface area contributed by atoms with Gasteiger partial charge in [0.05, 0.1) is 6.61 Å². The van der Waals surface area contributed by atoms with Crippen LogP contribution in [0, 0.1) is 5.82 Å². The van der Waals surface area contributed by atoms with E-state index in [1.165, 1.54) is 6.07 Å². The largest absolute Gasteiger partial charge is 0.383 e. The van der Waals surface area contributed by atoms with Crippen molar-refractivity contribution in [2.45, 2.75) is 0 Å². The van der Waals surface area contributed by atoms with Crippen LogP contribution in [0.5, 0.6) is 0 Å². The number of hydrogen-bond acceptors (Lipinski definition) is 3. The topological polar surface area (TPSA) is 50.4 Å². The summed E-state index contributed by atoms with van der Waals surface area (Å²) in [5.74, 6) is -0.865. The van der Waals surface area contributed by atoms with E-state index in [0.29, 0.717) is 19.7 Å². The van der Waals surface area contributed by atoms with E-state index >= 15 is 0 Å². The van der Waals surface area contributed by atoms with Crippen LogP contribution >= 0.6 is 24.0 Å². The molecule has 1 rings (SSSR count). The molecule has 0 saturated carbocycles. The Bertz CT molecular complexity index is 385. The third-order valence-electron chi connectivity index (χ3n) is 2.20. The van der Waals surface area contributed by atoms with Gasteiger partial charge in [-0.1, -0.05) is 11.6 Å². The molecule has 1 aromatic carbocycles. The Morgan fingerprint density at radius 2 is 2.05 bits per heavy atom. The fourth-order valence-corrected chi connectivity index (χ4v) is 1.57. The van der Waals surface area contributed by atoms with Gasteiger partial charge in [-0.3, -0.25) is 4.79 Å². The molecule has 19 heavy (non-hydrogen) atoms. The van der Waals surface area contributed by atoms with E-state index in [1.807, 2.05) is 0 Å². The molecular formula is C12H17Cl2FN2O2. The predicted molar refractivity (Wildman–Crippen MR) is 75.7 cm³/mol. The molecule has 0 aliphatic carbocycles. The lowest BCUT2D eigenvalue weighted by atomic mass is 10.2. The SMILES string of the molecule is COCCNCCNC(=O)c1cc(F)cc(Cl)c1.Cl. The number of rotatable bonds is 7. The van der Waals surface area contributed by atoms with Gasteiger partial charge < -0.3 is 15.4 Å². The third kappa shape index (κ3) is 7.32. The average molecular weight is 311 g/mol. The third-order valence-corrected chi connectivity index (χ3v) is 2.41. The van der Waals surface area contributed by atoms with Crippen molar-refractivity contribution in [1.29, 1.82) is 0 Å². The lowest BCUT2D eigenvalue weighted by molar-refractivity contribution is 0.0953. The minimum Gasteiger partial charge on any atom is -0.383 e. The van der Waals surface area contributed by atoms with Crippen LogP contribution in [0.2, 0.25) is 5.02 Å². The standard InChI is InChI=1S/C12H16ClFN2O2.ClH/c1-18-5-4-15-2-3-16-12(17)9-6-10(13)8-11(14)7-9;/h6-8,15H,2-5H2,1H3,(H,16,17);1H. The van der Waals surface area contributed by atoms with Crippen molar-refractivity contribution in [3.05, 3.63) is 34.6 Å². The normalized spacial score (nSPS) is 9.84. The number of ether oxygens (including phenoxy) is 1. The monoisotopic (exact) mass is 310 g/mol. The molecule has 1 amide bonds. The van der Waals surface area contributed by atoms with Crippen LogP contribution in [0.3, 0.4) is 0 Å². The number of nitrogens with one attached hydrogen (secondary N) is 2. The second-order valence-corrected chi connectivity index (χ2v) is 4.09. The molecule has 0 aromatic heterocycles. The minimum absolute atomic E-state index is 0. The van der Waals surface area contributed by atoms with E-state index < -0.39 is 5.82 Å². The molecule has 0 spiro atoms. The average Bonchev–Trinajstić information content (AvgIpc) is 2.32. The first-order valence-electron chi connectivity index (χ1n) is 5.57. The number of halogens is 3. The van der Waals surface area contributed by atoms with Gasteiger partial charge in [-0.2, -0.15) is 0 Å². The van der Waals surface area contributed by atoms with Crippen molar-refractivity contribution >= 4 is 29.9 Å². The summed E-state index contributed by atoms with van der Waals surface area (Å²) < 4.78 is 17.9. The van der Waals surface area contributed by atoms with Gasteiger partial charge in [-0.05, 0) is 18.2 Å². The van der Waals surface area contributed by atoms with Gasteiger partial charge in [0.15, 0.2) is 0 Å². The molecule has 4 nitrogen and oxygen atoms in total. The van der Waals surface area contributed by atoms with Crippen molar-refractivity contribution in [2.75, 3.05) is 33.4 Å². The van der Waals surface area contributed by atoms with Crippen LogP contribution in [0.1, 0.15) is 10.4 Å². The summed E-state index contributed by atoms with van der Waals surface area (Å²) in [5.41, 5.74) is 0.219. The lowest BCUT2D eigenvalue weighted by Crippen LogP contribution is -2.33. The quantitative estimate of drug-likeness (QED) is 0.756. The maximum Gasteiger partial charge on any atom is 0.251 e. The van der Waals surface area contributed by atoms with Crippen molar-refractivity contribution < 1.29 is 13.9 Å². The van der Waals surface area contributed by atoms with Crippen LogP contribution in [-0.4, -0.2) is 39.3 Å². The Labute approximate surface area is 123 Å². The Balaban J connectivity index is 0.00000324. The molecule has 0 bridgehead atoms. The highest BCUT2D eigenvalue weighted by Crippen LogP contribution is 2.13. The summed E-state index contributed by atoms with van der Waals surface area (Å²) in [6, 6.07) is 3.74. The maximum absolute atomic E-state index is 13.0. The van der Waals surface area contributed by atoms with Crippen LogP contribution in [0.15, 0.2) is 18.2 Å². The molecular weight excluding hydrogens is 294 g/mol. The highest BCUT2D eigenvalue weighted by atomic mass is 35.5. The van der Waals surface area contributed by atoms with E-state index in [0.717, 1.165) is 18.7 Å². The van der Waals surface area contributed by atoms with Gasteiger partial charge in [-0.15, -0.1) is 12.4 Å². The molecule has 0 atom stereocenters. The van der Waals surface area contributed by atoms with Crippen LogP contribution in [-0.2, 0) is 4.74 Å². The summed E-state index contributed by atoms with van der Waals surface area (Å²) in [6.45, 7) is 2.42. The molecule has 0 aliphatic rings. The number of benzene rings is 1. The summed E-state index contributed by atoms with van der Waals surface area (Å²) in [4.78, 5) is 11.6. The maximum atomic E-state index is 13.0. The molecule has 1 aromatic rings. The fraction of sp³-hybridized carbons (Fsp3) is 0.417. The van der Waals surface area contributed by atoms with Gasteiger partial charge in [0.1, 0.15) is 5.82 Å². The van der Waals surface area contributed by atoms with Gasteiger partial charge >= 0.3 is 0 Å².